The summed E-state index contributed by atoms with van der Waals surface area (Å²) in [5, 5.41) is 8.69. The van der Waals surface area contributed by atoms with E-state index in [1.807, 2.05) is 6.92 Å². The van der Waals surface area contributed by atoms with Crippen LogP contribution in [-0.4, -0.2) is 47.1 Å². The molecule has 1 aromatic heterocycles. The molecule has 0 radical (unpaired) electrons. The molecule has 1 amide bonds. The molecular weight excluding hydrogens is 260 g/mol. The molecule has 0 spiro atoms. The van der Waals surface area contributed by atoms with E-state index in [0.29, 0.717) is 18.5 Å². The van der Waals surface area contributed by atoms with Gasteiger partial charge < -0.3 is 20.7 Å². The SMILES string of the molecule is CCCOc1nc(NC)nc(NC2CCCNC2=O)n1. The number of amides is 1. The number of carbonyl (C=O) groups excluding carboxylic acids is 1. The van der Waals surface area contributed by atoms with Crippen LogP contribution in [0.5, 0.6) is 6.01 Å². The summed E-state index contributed by atoms with van der Waals surface area (Å²) in [6.45, 7) is 3.27. The van der Waals surface area contributed by atoms with E-state index in [1.165, 1.54) is 0 Å². The number of nitrogens with one attached hydrogen (secondary N) is 3. The molecule has 0 aromatic carbocycles. The maximum absolute atomic E-state index is 11.7. The van der Waals surface area contributed by atoms with E-state index in [-0.39, 0.29) is 18.0 Å². The lowest BCUT2D eigenvalue weighted by atomic mass is 10.1. The zero-order valence-corrected chi connectivity index (χ0v) is 11.8. The van der Waals surface area contributed by atoms with E-state index in [0.717, 1.165) is 25.8 Å². The topological polar surface area (TPSA) is 101 Å². The van der Waals surface area contributed by atoms with Crippen LogP contribution < -0.4 is 20.7 Å². The van der Waals surface area contributed by atoms with E-state index in [2.05, 4.69) is 30.9 Å². The van der Waals surface area contributed by atoms with Crippen LogP contribution in [0.15, 0.2) is 0 Å². The van der Waals surface area contributed by atoms with Gasteiger partial charge in [0.1, 0.15) is 6.04 Å². The van der Waals surface area contributed by atoms with E-state index in [1.54, 1.807) is 7.05 Å². The van der Waals surface area contributed by atoms with Gasteiger partial charge in [-0.15, -0.1) is 0 Å². The van der Waals surface area contributed by atoms with Crippen molar-refractivity contribution in [1.82, 2.24) is 20.3 Å². The third-order valence-electron chi connectivity index (χ3n) is 2.86. The van der Waals surface area contributed by atoms with Gasteiger partial charge in [-0.3, -0.25) is 4.79 Å². The number of hydrogen-bond acceptors (Lipinski definition) is 7. The van der Waals surface area contributed by atoms with Crippen LogP contribution in [0.1, 0.15) is 26.2 Å². The lowest BCUT2D eigenvalue weighted by Gasteiger charge is -2.22. The van der Waals surface area contributed by atoms with Gasteiger partial charge in [0, 0.05) is 13.6 Å². The third-order valence-corrected chi connectivity index (χ3v) is 2.86. The first kappa shape index (κ1) is 14.3. The van der Waals surface area contributed by atoms with Crippen molar-refractivity contribution in [3.05, 3.63) is 0 Å². The Labute approximate surface area is 117 Å². The molecule has 1 fully saturated rings. The van der Waals surface area contributed by atoms with Crippen molar-refractivity contribution < 1.29 is 9.53 Å². The van der Waals surface area contributed by atoms with Crippen LogP contribution in [0.4, 0.5) is 11.9 Å². The molecule has 2 heterocycles. The molecule has 1 unspecified atom stereocenters. The molecule has 20 heavy (non-hydrogen) atoms. The second-order valence-corrected chi connectivity index (χ2v) is 4.49. The number of piperidine rings is 1. The highest BCUT2D eigenvalue weighted by Crippen LogP contribution is 2.14. The molecule has 0 bridgehead atoms. The summed E-state index contributed by atoms with van der Waals surface area (Å²) < 4.78 is 5.41. The number of rotatable bonds is 6. The molecule has 8 nitrogen and oxygen atoms in total. The van der Waals surface area contributed by atoms with Crippen molar-refractivity contribution in [1.29, 1.82) is 0 Å². The number of carbonyl (C=O) groups is 1. The molecule has 0 saturated carbocycles. The van der Waals surface area contributed by atoms with Gasteiger partial charge in [-0.05, 0) is 19.3 Å². The average Bonchev–Trinajstić information content (AvgIpc) is 2.47. The summed E-state index contributed by atoms with van der Waals surface area (Å²) >= 11 is 0. The van der Waals surface area contributed by atoms with E-state index in [4.69, 9.17) is 4.74 Å². The van der Waals surface area contributed by atoms with Gasteiger partial charge in [0.2, 0.25) is 17.8 Å². The van der Waals surface area contributed by atoms with Gasteiger partial charge in [-0.2, -0.15) is 15.0 Å². The number of anilines is 2. The highest BCUT2D eigenvalue weighted by molar-refractivity contribution is 5.84. The summed E-state index contributed by atoms with van der Waals surface area (Å²) in [5.74, 6) is 0.723. The van der Waals surface area contributed by atoms with E-state index >= 15 is 0 Å². The Balaban J connectivity index is 2.10. The van der Waals surface area contributed by atoms with Crippen molar-refractivity contribution >= 4 is 17.8 Å². The summed E-state index contributed by atoms with van der Waals surface area (Å²) in [5.41, 5.74) is 0. The highest BCUT2D eigenvalue weighted by Gasteiger charge is 2.23. The smallest absolute Gasteiger partial charge is 0.323 e. The molecule has 1 aliphatic heterocycles. The van der Waals surface area contributed by atoms with Gasteiger partial charge in [0.15, 0.2) is 0 Å². The van der Waals surface area contributed by atoms with Crippen molar-refractivity contribution in [3.8, 4) is 6.01 Å². The maximum atomic E-state index is 11.7. The molecule has 2 rings (SSSR count). The van der Waals surface area contributed by atoms with Gasteiger partial charge >= 0.3 is 6.01 Å². The van der Waals surface area contributed by atoms with Gasteiger partial charge in [-0.25, -0.2) is 0 Å². The van der Waals surface area contributed by atoms with E-state index in [9.17, 15) is 4.79 Å². The Bertz CT molecular complexity index is 467. The number of aromatic nitrogens is 3. The van der Waals surface area contributed by atoms with Crippen LogP contribution in [0.2, 0.25) is 0 Å². The first-order chi connectivity index (χ1) is 9.72. The molecule has 1 saturated heterocycles. The lowest BCUT2D eigenvalue weighted by Crippen LogP contribution is -2.44. The van der Waals surface area contributed by atoms with Gasteiger partial charge in [0.25, 0.3) is 0 Å². The number of nitrogens with zero attached hydrogens (tertiary/aromatic N) is 3. The van der Waals surface area contributed by atoms with Crippen LogP contribution in [0, 0.1) is 0 Å². The molecule has 1 aromatic rings. The zero-order chi connectivity index (χ0) is 14.4. The van der Waals surface area contributed by atoms with Gasteiger partial charge in [0.05, 0.1) is 6.61 Å². The summed E-state index contributed by atoms with van der Waals surface area (Å²) in [6, 6.07) is -0.0557. The lowest BCUT2D eigenvalue weighted by molar-refractivity contribution is -0.123. The maximum Gasteiger partial charge on any atom is 0.323 e. The normalized spacial score (nSPS) is 18.3. The highest BCUT2D eigenvalue weighted by atomic mass is 16.5. The Morgan fingerprint density at radius 2 is 2.15 bits per heavy atom. The molecule has 1 aliphatic rings. The first-order valence-electron chi connectivity index (χ1n) is 6.83. The quantitative estimate of drug-likeness (QED) is 0.693. The molecule has 3 N–H and O–H groups in total. The van der Waals surface area contributed by atoms with Crippen LogP contribution in [0.25, 0.3) is 0 Å². The second-order valence-electron chi connectivity index (χ2n) is 4.49. The Hall–Kier alpha value is -2.12. The fraction of sp³-hybridized carbons (Fsp3) is 0.667. The zero-order valence-electron chi connectivity index (χ0n) is 11.8. The molecule has 8 heteroatoms. The van der Waals surface area contributed by atoms with Crippen LogP contribution in [-0.2, 0) is 4.79 Å². The number of ether oxygens (including phenoxy) is 1. The Kier molecular flexibility index (Phi) is 4.91. The molecule has 110 valence electrons. The predicted octanol–water partition coefficient (Wildman–Crippen LogP) is 0.393. The summed E-state index contributed by atoms with van der Waals surface area (Å²) in [7, 11) is 1.72. The van der Waals surface area contributed by atoms with E-state index < -0.39 is 0 Å². The first-order valence-corrected chi connectivity index (χ1v) is 6.83. The van der Waals surface area contributed by atoms with Gasteiger partial charge in [-0.1, -0.05) is 6.92 Å². The Morgan fingerprint density at radius 3 is 2.85 bits per heavy atom. The monoisotopic (exact) mass is 280 g/mol. The van der Waals surface area contributed by atoms with Crippen LogP contribution >= 0.6 is 0 Å². The van der Waals surface area contributed by atoms with Crippen molar-refractivity contribution in [3.63, 3.8) is 0 Å². The minimum Gasteiger partial charge on any atom is -0.463 e. The molecule has 0 aliphatic carbocycles. The number of hydrogen-bond donors (Lipinski definition) is 3. The fourth-order valence-corrected chi connectivity index (χ4v) is 1.86. The van der Waals surface area contributed by atoms with Crippen molar-refractivity contribution in [2.75, 3.05) is 30.8 Å². The standard InChI is InChI=1S/C12H20N6O2/c1-3-7-20-12-17-10(13-2)16-11(18-12)15-8-5-4-6-14-9(8)19/h8H,3-7H2,1-2H3,(H,14,19)(H2,13,15,16,17,18). The molecule has 1 atom stereocenters. The van der Waals surface area contributed by atoms with Crippen molar-refractivity contribution in [2.45, 2.75) is 32.2 Å². The summed E-state index contributed by atoms with van der Waals surface area (Å²) in [4.78, 5) is 24.2. The van der Waals surface area contributed by atoms with Crippen LogP contribution in [0.3, 0.4) is 0 Å². The van der Waals surface area contributed by atoms with Crippen molar-refractivity contribution in [2.24, 2.45) is 0 Å². The Morgan fingerprint density at radius 1 is 1.35 bits per heavy atom. The fourth-order valence-electron chi connectivity index (χ4n) is 1.86. The average molecular weight is 280 g/mol. The minimum atomic E-state index is -0.310. The largest absolute Gasteiger partial charge is 0.463 e. The predicted molar refractivity (Wildman–Crippen MR) is 74.8 cm³/mol. The molecular formula is C12H20N6O2. The summed E-state index contributed by atoms with van der Waals surface area (Å²) in [6.07, 6.45) is 2.57. The minimum absolute atomic E-state index is 0.0290. The third kappa shape index (κ3) is 3.69. The second kappa shape index (κ2) is 6.88.